The molecule has 1 aliphatic carbocycles. The van der Waals surface area contributed by atoms with Crippen molar-refractivity contribution in [1.82, 2.24) is 0 Å². The van der Waals surface area contributed by atoms with Gasteiger partial charge in [0.05, 0.1) is 12.2 Å². The Kier molecular flexibility index (Phi) is 2.83. The van der Waals surface area contributed by atoms with Gasteiger partial charge in [-0.05, 0) is 43.9 Å². The lowest BCUT2D eigenvalue weighted by molar-refractivity contribution is -0.153. The van der Waals surface area contributed by atoms with Crippen LogP contribution in [0, 0.1) is 6.92 Å². The number of hydrogen-bond donors (Lipinski definition) is 0. The SMILES string of the molecule is Cc1cccc(OC2CCOC3(CCC3)C2)c1. The highest BCUT2D eigenvalue weighted by atomic mass is 16.5. The van der Waals surface area contributed by atoms with Gasteiger partial charge in [-0.25, -0.2) is 0 Å². The third kappa shape index (κ3) is 2.32. The zero-order valence-corrected chi connectivity index (χ0v) is 10.4. The average Bonchev–Trinajstić information content (AvgIpc) is 2.27. The zero-order valence-electron chi connectivity index (χ0n) is 10.4. The van der Waals surface area contributed by atoms with Crippen LogP contribution in [0.4, 0.5) is 0 Å². The monoisotopic (exact) mass is 232 g/mol. The van der Waals surface area contributed by atoms with Crippen LogP contribution in [0.15, 0.2) is 24.3 Å². The van der Waals surface area contributed by atoms with Crippen LogP contribution in [-0.2, 0) is 4.74 Å². The van der Waals surface area contributed by atoms with Gasteiger partial charge < -0.3 is 9.47 Å². The second-order valence-electron chi connectivity index (χ2n) is 5.43. The van der Waals surface area contributed by atoms with Crippen molar-refractivity contribution in [3.05, 3.63) is 29.8 Å². The van der Waals surface area contributed by atoms with Crippen molar-refractivity contribution in [2.75, 3.05) is 6.61 Å². The van der Waals surface area contributed by atoms with E-state index in [4.69, 9.17) is 9.47 Å². The minimum absolute atomic E-state index is 0.173. The molecule has 17 heavy (non-hydrogen) atoms. The molecule has 0 bridgehead atoms. The molecule has 2 nitrogen and oxygen atoms in total. The molecule has 1 heterocycles. The van der Waals surface area contributed by atoms with Crippen molar-refractivity contribution in [2.24, 2.45) is 0 Å². The fourth-order valence-electron chi connectivity index (χ4n) is 2.88. The first-order valence-electron chi connectivity index (χ1n) is 6.63. The summed E-state index contributed by atoms with van der Waals surface area (Å²) in [4.78, 5) is 0. The quantitative estimate of drug-likeness (QED) is 0.777. The van der Waals surface area contributed by atoms with Gasteiger partial charge in [-0.2, -0.15) is 0 Å². The van der Waals surface area contributed by atoms with Crippen LogP contribution in [0.2, 0.25) is 0 Å². The molecule has 0 aromatic heterocycles. The minimum atomic E-state index is 0.173. The van der Waals surface area contributed by atoms with Crippen molar-refractivity contribution in [1.29, 1.82) is 0 Å². The highest BCUT2D eigenvalue weighted by Crippen LogP contribution is 2.43. The first kappa shape index (κ1) is 11.1. The molecular formula is C15H20O2. The van der Waals surface area contributed by atoms with Crippen LogP contribution >= 0.6 is 0 Å². The van der Waals surface area contributed by atoms with Crippen molar-refractivity contribution in [2.45, 2.75) is 50.7 Å². The Morgan fingerprint density at radius 2 is 2.24 bits per heavy atom. The van der Waals surface area contributed by atoms with E-state index in [0.29, 0.717) is 6.10 Å². The van der Waals surface area contributed by atoms with Crippen molar-refractivity contribution >= 4 is 0 Å². The molecule has 1 aromatic carbocycles. The summed E-state index contributed by atoms with van der Waals surface area (Å²) in [5, 5.41) is 0. The van der Waals surface area contributed by atoms with E-state index >= 15 is 0 Å². The molecule has 1 aliphatic heterocycles. The van der Waals surface area contributed by atoms with E-state index in [1.165, 1.54) is 24.8 Å². The lowest BCUT2D eigenvalue weighted by atomic mass is 9.74. The predicted octanol–water partition coefficient (Wildman–Crippen LogP) is 3.48. The Bertz CT molecular complexity index is 396. The van der Waals surface area contributed by atoms with Crippen molar-refractivity contribution in [3.8, 4) is 5.75 Å². The van der Waals surface area contributed by atoms with E-state index in [1.54, 1.807) is 0 Å². The minimum Gasteiger partial charge on any atom is -0.490 e. The highest BCUT2D eigenvalue weighted by Gasteiger charge is 2.43. The van der Waals surface area contributed by atoms with E-state index in [9.17, 15) is 0 Å². The molecule has 3 rings (SSSR count). The first-order valence-corrected chi connectivity index (χ1v) is 6.63. The van der Waals surface area contributed by atoms with Crippen LogP contribution < -0.4 is 4.74 Å². The molecule has 0 N–H and O–H groups in total. The molecule has 2 aliphatic rings. The molecule has 0 radical (unpaired) electrons. The van der Waals surface area contributed by atoms with Crippen LogP contribution in [0.25, 0.3) is 0 Å². The molecule has 1 spiro atoms. The average molecular weight is 232 g/mol. The Hall–Kier alpha value is -1.02. The Labute approximate surface area is 103 Å². The van der Waals surface area contributed by atoms with Gasteiger partial charge in [0, 0.05) is 12.8 Å². The van der Waals surface area contributed by atoms with Crippen molar-refractivity contribution < 1.29 is 9.47 Å². The summed E-state index contributed by atoms with van der Waals surface area (Å²) in [6.07, 6.45) is 6.20. The number of ether oxygens (including phenoxy) is 2. The third-order valence-electron chi connectivity index (χ3n) is 4.00. The van der Waals surface area contributed by atoms with E-state index < -0.39 is 0 Å². The van der Waals surface area contributed by atoms with E-state index in [-0.39, 0.29) is 5.60 Å². The summed E-state index contributed by atoms with van der Waals surface area (Å²) in [7, 11) is 0. The Morgan fingerprint density at radius 1 is 1.35 bits per heavy atom. The number of hydrogen-bond acceptors (Lipinski definition) is 2. The summed E-state index contributed by atoms with van der Waals surface area (Å²) in [6, 6.07) is 8.33. The lowest BCUT2D eigenvalue weighted by Crippen LogP contribution is -2.48. The summed E-state index contributed by atoms with van der Waals surface area (Å²) in [5.41, 5.74) is 1.43. The maximum Gasteiger partial charge on any atom is 0.119 e. The van der Waals surface area contributed by atoms with Gasteiger partial charge in [-0.15, -0.1) is 0 Å². The smallest absolute Gasteiger partial charge is 0.119 e. The van der Waals surface area contributed by atoms with Gasteiger partial charge >= 0.3 is 0 Å². The maximum absolute atomic E-state index is 6.09. The summed E-state index contributed by atoms with van der Waals surface area (Å²) < 4.78 is 12.0. The van der Waals surface area contributed by atoms with E-state index in [0.717, 1.165) is 25.2 Å². The highest BCUT2D eigenvalue weighted by molar-refractivity contribution is 5.27. The molecule has 92 valence electrons. The molecule has 1 unspecified atom stereocenters. The largest absolute Gasteiger partial charge is 0.490 e. The normalized spacial score (nSPS) is 26.5. The van der Waals surface area contributed by atoms with Gasteiger partial charge in [-0.1, -0.05) is 12.1 Å². The van der Waals surface area contributed by atoms with Gasteiger partial charge in [-0.3, -0.25) is 0 Å². The van der Waals surface area contributed by atoms with Gasteiger partial charge in [0.2, 0.25) is 0 Å². The molecule has 1 aromatic rings. The second-order valence-corrected chi connectivity index (χ2v) is 5.43. The van der Waals surface area contributed by atoms with Crippen LogP contribution in [-0.4, -0.2) is 18.3 Å². The standard InChI is InChI=1S/C15H20O2/c1-12-4-2-5-13(10-12)17-14-6-9-16-15(11-14)7-3-8-15/h2,4-5,10,14H,3,6-9,11H2,1H3. The molecule has 2 heteroatoms. The fraction of sp³-hybridized carbons (Fsp3) is 0.600. The van der Waals surface area contributed by atoms with Gasteiger partial charge in [0.1, 0.15) is 11.9 Å². The summed E-state index contributed by atoms with van der Waals surface area (Å²) >= 11 is 0. The van der Waals surface area contributed by atoms with E-state index in [2.05, 4.69) is 31.2 Å². The number of aryl methyl sites for hydroxylation is 1. The molecule has 0 amide bonds. The molecule has 1 atom stereocenters. The number of benzene rings is 1. The molecule has 1 saturated carbocycles. The van der Waals surface area contributed by atoms with Gasteiger partial charge in [0.25, 0.3) is 0 Å². The van der Waals surface area contributed by atoms with Crippen molar-refractivity contribution in [3.63, 3.8) is 0 Å². The zero-order chi connectivity index (χ0) is 11.7. The molecule has 2 fully saturated rings. The van der Waals surface area contributed by atoms with Crippen LogP contribution in [0.5, 0.6) is 5.75 Å². The number of rotatable bonds is 2. The summed E-state index contributed by atoms with van der Waals surface area (Å²) in [6.45, 7) is 2.96. The summed E-state index contributed by atoms with van der Waals surface area (Å²) in [5.74, 6) is 1.01. The molecular weight excluding hydrogens is 212 g/mol. The van der Waals surface area contributed by atoms with Crippen LogP contribution in [0.3, 0.4) is 0 Å². The second kappa shape index (κ2) is 4.34. The van der Waals surface area contributed by atoms with Gasteiger partial charge in [0.15, 0.2) is 0 Å². The van der Waals surface area contributed by atoms with Crippen LogP contribution in [0.1, 0.15) is 37.7 Å². The predicted molar refractivity (Wildman–Crippen MR) is 67.4 cm³/mol. The Balaban J connectivity index is 1.65. The topological polar surface area (TPSA) is 18.5 Å². The lowest BCUT2D eigenvalue weighted by Gasteiger charge is -2.46. The third-order valence-corrected chi connectivity index (χ3v) is 4.00. The first-order chi connectivity index (χ1) is 8.26. The maximum atomic E-state index is 6.09. The fourth-order valence-corrected chi connectivity index (χ4v) is 2.88. The Morgan fingerprint density at radius 3 is 2.94 bits per heavy atom. The molecule has 1 saturated heterocycles. The van der Waals surface area contributed by atoms with E-state index in [1.807, 2.05) is 0 Å².